The van der Waals surface area contributed by atoms with Crippen molar-refractivity contribution in [1.29, 1.82) is 0 Å². The minimum atomic E-state index is -0.969. The number of esters is 1. The molecule has 5 nitrogen and oxygen atoms in total. The van der Waals surface area contributed by atoms with Crippen molar-refractivity contribution in [3.63, 3.8) is 0 Å². The molecule has 17 heavy (non-hydrogen) atoms. The summed E-state index contributed by atoms with van der Waals surface area (Å²) >= 11 is 2.13. The van der Waals surface area contributed by atoms with Gasteiger partial charge in [-0.3, -0.25) is 4.79 Å². The summed E-state index contributed by atoms with van der Waals surface area (Å²) in [6.45, 7) is 2.65. The van der Waals surface area contributed by atoms with Gasteiger partial charge in [0.25, 0.3) is 0 Å². The van der Waals surface area contributed by atoms with Crippen molar-refractivity contribution in [1.82, 2.24) is 0 Å². The average Bonchev–Trinajstić information content (AvgIpc) is 2.19. The SMILES string of the molecule is CC(=O)OC(C)OC(=O)Oc1ccc(I)cc1. The van der Waals surface area contributed by atoms with Crippen LogP contribution in [0.25, 0.3) is 0 Å². The fraction of sp³-hybridized carbons (Fsp3) is 0.273. The van der Waals surface area contributed by atoms with E-state index in [0.29, 0.717) is 5.75 Å². The molecule has 0 saturated heterocycles. The lowest BCUT2D eigenvalue weighted by molar-refractivity contribution is -0.163. The predicted molar refractivity (Wildman–Crippen MR) is 67.5 cm³/mol. The molecule has 92 valence electrons. The van der Waals surface area contributed by atoms with Crippen molar-refractivity contribution < 1.29 is 23.8 Å². The number of carbonyl (C=O) groups excluding carboxylic acids is 2. The Hall–Kier alpha value is -1.31. The van der Waals surface area contributed by atoms with E-state index in [2.05, 4.69) is 32.1 Å². The first kappa shape index (κ1) is 13.8. The quantitative estimate of drug-likeness (QED) is 0.363. The fourth-order valence-electron chi connectivity index (χ4n) is 1.02. The van der Waals surface area contributed by atoms with Crippen LogP contribution >= 0.6 is 22.6 Å². The Kier molecular flexibility index (Phi) is 5.20. The molecule has 1 aromatic carbocycles. The summed E-state index contributed by atoms with van der Waals surface area (Å²) in [5.41, 5.74) is 0. The molecule has 0 bridgehead atoms. The van der Waals surface area contributed by atoms with Gasteiger partial charge < -0.3 is 14.2 Å². The molecule has 0 aromatic heterocycles. The number of benzene rings is 1. The molecule has 0 aliphatic heterocycles. The Morgan fingerprint density at radius 3 is 2.29 bits per heavy atom. The first-order valence-corrected chi connectivity index (χ1v) is 5.86. The van der Waals surface area contributed by atoms with E-state index in [1.807, 2.05) is 0 Å². The highest BCUT2D eigenvalue weighted by molar-refractivity contribution is 14.1. The third-order valence-electron chi connectivity index (χ3n) is 1.61. The van der Waals surface area contributed by atoms with Gasteiger partial charge in [0.05, 0.1) is 0 Å². The lowest BCUT2D eigenvalue weighted by Gasteiger charge is -2.12. The largest absolute Gasteiger partial charge is 0.516 e. The zero-order chi connectivity index (χ0) is 12.8. The molecule has 0 aliphatic rings. The smallest absolute Gasteiger partial charge is 0.426 e. The maximum Gasteiger partial charge on any atom is 0.516 e. The highest BCUT2D eigenvalue weighted by atomic mass is 127. The van der Waals surface area contributed by atoms with Crippen molar-refractivity contribution in [2.24, 2.45) is 0 Å². The van der Waals surface area contributed by atoms with Crippen LogP contribution in [-0.4, -0.2) is 18.4 Å². The third-order valence-corrected chi connectivity index (χ3v) is 2.33. The predicted octanol–water partition coefficient (Wildman–Crippen LogP) is 2.72. The van der Waals surface area contributed by atoms with E-state index in [4.69, 9.17) is 4.74 Å². The highest BCUT2D eigenvalue weighted by Gasteiger charge is 2.13. The normalized spacial score (nSPS) is 11.5. The van der Waals surface area contributed by atoms with E-state index in [0.717, 1.165) is 3.57 Å². The van der Waals surface area contributed by atoms with Gasteiger partial charge in [-0.05, 0) is 46.9 Å². The molecule has 1 rings (SSSR count). The van der Waals surface area contributed by atoms with Crippen molar-refractivity contribution in [3.05, 3.63) is 27.8 Å². The Morgan fingerprint density at radius 1 is 1.18 bits per heavy atom. The number of carbonyl (C=O) groups is 2. The van der Waals surface area contributed by atoms with E-state index in [1.165, 1.54) is 13.8 Å². The van der Waals surface area contributed by atoms with Gasteiger partial charge in [0, 0.05) is 17.4 Å². The zero-order valence-electron chi connectivity index (χ0n) is 9.31. The Balaban J connectivity index is 2.44. The van der Waals surface area contributed by atoms with Crippen LogP contribution in [0.5, 0.6) is 5.75 Å². The number of hydrogen-bond donors (Lipinski definition) is 0. The van der Waals surface area contributed by atoms with Crippen LogP contribution in [0.15, 0.2) is 24.3 Å². The second-order valence-corrected chi connectivity index (χ2v) is 4.35. The first-order chi connectivity index (χ1) is 7.97. The second-order valence-electron chi connectivity index (χ2n) is 3.10. The van der Waals surface area contributed by atoms with E-state index in [-0.39, 0.29) is 0 Å². The summed E-state index contributed by atoms with van der Waals surface area (Å²) in [7, 11) is 0. The Bertz CT molecular complexity index is 401. The molecule has 0 saturated carbocycles. The highest BCUT2D eigenvalue weighted by Crippen LogP contribution is 2.14. The topological polar surface area (TPSA) is 61.8 Å². The van der Waals surface area contributed by atoms with Crippen LogP contribution in [0.4, 0.5) is 4.79 Å². The third kappa shape index (κ3) is 5.53. The number of rotatable bonds is 3. The minimum absolute atomic E-state index is 0.366. The minimum Gasteiger partial charge on any atom is -0.426 e. The van der Waals surface area contributed by atoms with Crippen molar-refractivity contribution in [3.8, 4) is 5.75 Å². The first-order valence-electron chi connectivity index (χ1n) is 4.78. The molecule has 0 N–H and O–H groups in total. The van der Waals surface area contributed by atoms with E-state index >= 15 is 0 Å². The van der Waals surface area contributed by atoms with Gasteiger partial charge >= 0.3 is 12.1 Å². The lowest BCUT2D eigenvalue weighted by atomic mass is 10.3. The van der Waals surface area contributed by atoms with Gasteiger partial charge in [0.1, 0.15) is 5.75 Å². The van der Waals surface area contributed by atoms with Gasteiger partial charge in [-0.25, -0.2) is 4.79 Å². The molecule has 0 radical (unpaired) electrons. The van der Waals surface area contributed by atoms with Crippen LogP contribution in [0.2, 0.25) is 0 Å². The molecular weight excluding hydrogens is 339 g/mol. The van der Waals surface area contributed by atoms with Gasteiger partial charge in [-0.15, -0.1) is 0 Å². The van der Waals surface area contributed by atoms with Gasteiger partial charge in [-0.1, -0.05) is 0 Å². The number of ether oxygens (including phenoxy) is 3. The van der Waals surface area contributed by atoms with E-state index < -0.39 is 18.4 Å². The van der Waals surface area contributed by atoms with Crippen LogP contribution in [-0.2, 0) is 14.3 Å². The summed E-state index contributed by atoms with van der Waals surface area (Å²) in [6, 6.07) is 6.86. The lowest BCUT2D eigenvalue weighted by Crippen LogP contribution is -2.22. The molecule has 0 fully saturated rings. The molecule has 0 heterocycles. The van der Waals surface area contributed by atoms with Crippen molar-refractivity contribution >= 4 is 34.7 Å². The van der Waals surface area contributed by atoms with Gasteiger partial charge in [0.15, 0.2) is 0 Å². The molecule has 1 atom stereocenters. The number of hydrogen-bond acceptors (Lipinski definition) is 5. The van der Waals surface area contributed by atoms with Crippen LogP contribution in [0.3, 0.4) is 0 Å². The molecule has 0 spiro atoms. The summed E-state index contributed by atoms with van der Waals surface area (Å²) < 4.78 is 15.2. The Morgan fingerprint density at radius 2 is 1.76 bits per heavy atom. The zero-order valence-corrected chi connectivity index (χ0v) is 11.5. The van der Waals surface area contributed by atoms with Crippen molar-refractivity contribution in [2.45, 2.75) is 20.1 Å². The molecule has 0 amide bonds. The average molecular weight is 350 g/mol. The Labute approximate surface area is 112 Å². The monoisotopic (exact) mass is 350 g/mol. The number of halogens is 1. The summed E-state index contributed by atoms with van der Waals surface area (Å²) in [4.78, 5) is 21.8. The van der Waals surface area contributed by atoms with Crippen molar-refractivity contribution in [2.75, 3.05) is 0 Å². The van der Waals surface area contributed by atoms with Crippen LogP contribution in [0.1, 0.15) is 13.8 Å². The summed E-state index contributed by atoms with van der Waals surface area (Å²) in [5, 5.41) is 0. The molecule has 0 aliphatic carbocycles. The fourth-order valence-corrected chi connectivity index (χ4v) is 1.38. The molecule has 6 heteroatoms. The van der Waals surface area contributed by atoms with Crippen LogP contribution < -0.4 is 4.74 Å². The van der Waals surface area contributed by atoms with Gasteiger partial charge in [0.2, 0.25) is 6.29 Å². The summed E-state index contributed by atoms with van der Waals surface area (Å²) in [5.74, 6) is -0.162. The van der Waals surface area contributed by atoms with E-state index in [1.54, 1.807) is 24.3 Å². The standard InChI is InChI=1S/C11H11IO5/c1-7(13)15-8(2)16-11(14)17-10-5-3-9(12)4-6-10/h3-6,8H,1-2H3. The molecular formula is C11H11IO5. The maximum atomic E-state index is 11.3. The molecule has 1 aromatic rings. The van der Waals surface area contributed by atoms with Crippen LogP contribution in [0, 0.1) is 3.57 Å². The maximum absolute atomic E-state index is 11.3. The second kappa shape index (κ2) is 6.43. The summed E-state index contributed by atoms with van der Waals surface area (Å²) in [6.07, 6.45) is -1.89. The van der Waals surface area contributed by atoms with Gasteiger partial charge in [-0.2, -0.15) is 0 Å². The van der Waals surface area contributed by atoms with E-state index in [9.17, 15) is 9.59 Å². The molecule has 1 unspecified atom stereocenters.